The second-order valence-corrected chi connectivity index (χ2v) is 4.18. The van der Waals surface area contributed by atoms with E-state index in [0.717, 1.165) is 25.1 Å². The van der Waals surface area contributed by atoms with E-state index in [1.807, 2.05) is 0 Å². The van der Waals surface area contributed by atoms with Crippen molar-refractivity contribution in [2.24, 2.45) is 0 Å². The van der Waals surface area contributed by atoms with Crippen molar-refractivity contribution in [3.05, 3.63) is 35.0 Å². The molecular weight excluding hydrogens is 188 g/mol. The summed E-state index contributed by atoms with van der Waals surface area (Å²) in [5.41, 5.74) is 2.35. The van der Waals surface area contributed by atoms with Gasteiger partial charge < -0.3 is 15.6 Å². The van der Waals surface area contributed by atoms with Crippen LogP contribution in [0.3, 0.4) is 0 Å². The molecular formula is C12H17N2O-. The van der Waals surface area contributed by atoms with Gasteiger partial charge in [0.1, 0.15) is 0 Å². The molecule has 3 heteroatoms. The standard InChI is InChI=1S/C12H17N2O/c1-10-4-6-11(7-5-10)13-9-12-3-2-8-14(12)15/h4-7,12-13H,2-3,8-9H2,1H3/q-1. The van der Waals surface area contributed by atoms with Gasteiger partial charge in [-0.25, -0.2) is 0 Å². The summed E-state index contributed by atoms with van der Waals surface area (Å²) in [5.74, 6) is 0. The van der Waals surface area contributed by atoms with Gasteiger partial charge in [0.25, 0.3) is 0 Å². The van der Waals surface area contributed by atoms with Crippen LogP contribution in [0.25, 0.3) is 0 Å². The van der Waals surface area contributed by atoms with Crippen LogP contribution in [-0.2, 0) is 0 Å². The van der Waals surface area contributed by atoms with E-state index >= 15 is 0 Å². The van der Waals surface area contributed by atoms with E-state index in [1.54, 1.807) is 0 Å². The number of hydrogen-bond acceptors (Lipinski definition) is 3. The third-order valence-electron chi connectivity index (χ3n) is 2.92. The van der Waals surface area contributed by atoms with E-state index in [0.29, 0.717) is 6.54 Å². The molecule has 0 aromatic heterocycles. The highest BCUT2D eigenvalue weighted by Gasteiger charge is 2.16. The van der Waals surface area contributed by atoms with Crippen molar-refractivity contribution in [1.82, 2.24) is 5.06 Å². The van der Waals surface area contributed by atoms with Crippen LogP contribution < -0.4 is 5.32 Å². The Morgan fingerprint density at radius 2 is 2.13 bits per heavy atom. The Labute approximate surface area is 90.7 Å². The number of aryl methyl sites for hydroxylation is 1. The fraction of sp³-hybridized carbons (Fsp3) is 0.500. The van der Waals surface area contributed by atoms with Crippen LogP contribution in [0.1, 0.15) is 18.4 Å². The third-order valence-corrected chi connectivity index (χ3v) is 2.92. The first-order valence-electron chi connectivity index (χ1n) is 5.50. The Morgan fingerprint density at radius 1 is 1.40 bits per heavy atom. The summed E-state index contributed by atoms with van der Waals surface area (Å²) in [6.07, 6.45) is 2.05. The second-order valence-electron chi connectivity index (χ2n) is 4.18. The summed E-state index contributed by atoms with van der Waals surface area (Å²) in [4.78, 5) is 0. The van der Waals surface area contributed by atoms with Gasteiger partial charge in [-0.05, 0) is 38.4 Å². The monoisotopic (exact) mass is 205 g/mol. The maximum atomic E-state index is 11.3. The summed E-state index contributed by atoms with van der Waals surface area (Å²) in [5, 5.41) is 15.8. The fourth-order valence-electron chi connectivity index (χ4n) is 1.92. The molecule has 0 radical (unpaired) electrons. The lowest BCUT2D eigenvalue weighted by molar-refractivity contribution is 0.364. The number of hydroxylamine groups is 2. The Balaban J connectivity index is 1.85. The smallest absolute Gasteiger partial charge is 0.0340 e. The van der Waals surface area contributed by atoms with Crippen LogP contribution in [0.2, 0.25) is 0 Å². The fourth-order valence-corrected chi connectivity index (χ4v) is 1.92. The van der Waals surface area contributed by atoms with E-state index in [-0.39, 0.29) is 6.04 Å². The van der Waals surface area contributed by atoms with Crippen molar-refractivity contribution in [1.29, 1.82) is 0 Å². The highest BCUT2D eigenvalue weighted by Crippen LogP contribution is 2.16. The van der Waals surface area contributed by atoms with E-state index in [1.165, 1.54) is 10.6 Å². The summed E-state index contributed by atoms with van der Waals surface area (Å²) in [6, 6.07) is 8.42. The van der Waals surface area contributed by atoms with Gasteiger partial charge in [0.05, 0.1) is 0 Å². The highest BCUT2D eigenvalue weighted by molar-refractivity contribution is 5.44. The van der Waals surface area contributed by atoms with Gasteiger partial charge in [-0.2, -0.15) is 0 Å². The lowest BCUT2D eigenvalue weighted by Crippen LogP contribution is -2.30. The minimum absolute atomic E-state index is 0.159. The topological polar surface area (TPSA) is 38.3 Å². The molecule has 1 aromatic rings. The molecule has 0 amide bonds. The Hall–Kier alpha value is -1.06. The normalized spacial score (nSPS) is 21.9. The molecule has 1 heterocycles. The largest absolute Gasteiger partial charge is 0.785 e. The molecule has 1 atom stereocenters. The predicted octanol–water partition coefficient (Wildman–Crippen LogP) is 2.37. The average Bonchev–Trinajstić information content (AvgIpc) is 2.63. The number of rotatable bonds is 3. The molecule has 1 unspecified atom stereocenters. The Bertz CT molecular complexity index is 310. The number of nitrogens with zero attached hydrogens (tertiary/aromatic N) is 1. The number of hydrogen-bond donors (Lipinski definition) is 1. The lowest BCUT2D eigenvalue weighted by Gasteiger charge is -2.30. The maximum Gasteiger partial charge on any atom is 0.0340 e. The summed E-state index contributed by atoms with van der Waals surface area (Å²) >= 11 is 0. The number of anilines is 1. The average molecular weight is 205 g/mol. The van der Waals surface area contributed by atoms with Crippen molar-refractivity contribution in [3.8, 4) is 0 Å². The quantitative estimate of drug-likeness (QED) is 0.823. The van der Waals surface area contributed by atoms with Crippen LogP contribution >= 0.6 is 0 Å². The number of benzene rings is 1. The van der Waals surface area contributed by atoms with E-state index in [9.17, 15) is 5.21 Å². The SMILES string of the molecule is Cc1ccc(NCC2CCCN2[O-])cc1. The van der Waals surface area contributed by atoms with Crippen LogP contribution in [-0.4, -0.2) is 24.2 Å². The zero-order chi connectivity index (χ0) is 10.7. The minimum Gasteiger partial charge on any atom is -0.785 e. The summed E-state index contributed by atoms with van der Waals surface area (Å²) in [7, 11) is 0. The van der Waals surface area contributed by atoms with Gasteiger partial charge in [-0.1, -0.05) is 17.7 Å². The van der Waals surface area contributed by atoms with E-state index < -0.39 is 0 Å². The van der Waals surface area contributed by atoms with E-state index in [4.69, 9.17) is 0 Å². The molecule has 1 aliphatic rings. The maximum absolute atomic E-state index is 11.3. The van der Waals surface area contributed by atoms with Crippen LogP contribution in [0, 0.1) is 12.1 Å². The molecule has 1 fully saturated rings. The zero-order valence-electron chi connectivity index (χ0n) is 9.07. The molecule has 0 spiro atoms. The zero-order valence-corrected chi connectivity index (χ0v) is 9.07. The van der Waals surface area contributed by atoms with E-state index in [2.05, 4.69) is 36.5 Å². The van der Waals surface area contributed by atoms with Gasteiger partial charge in [-0.15, -0.1) is 0 Å². The molecule has 1 aliphatic heterocycles. The third kappa shape index (κ3) is 2.70. The van der Waals surface area contributed by atoms with Crippen LogP contribution in [0.5, 0.6) is 0 Å². The molecule has 1 saturated heterocycles. The first-order valence-corrected chi connectivity index (χ1v) is 5.50. The summed E-state index contributed by atoms with van der Waals surface area (Å²) in [6.45, 7) is 3.52. The Morgan fingerprint density at radius 3 is 2.73 bits per heavy atom. The molecule has 0 aliphatic carbocycles. The Kier molecular flexibility index (Phi) is 3.23. The van der Waals surface area contributed by atoms with Gasteiger partial charge in [0, 0.05) is 18.3 Å². The van der Waals surface area contributed by atoms with Crippen molar-refractivity contribution in [2.75, 3.05) is 18.4 Å². The molecule has 3 nitrogen and oxygen atoms in total. The first-order chi connectivity index (χ1) is 7.25. The lowest BCUT2D eigenvalue weighted by atomic mass is 10.2. The van der Waals surface area contributed by atoms with Gasteiger partial charge in [0.15, 0.2) is 0 Å². The highest BCUT2D eigenvalue weighted by atomic mass is 16.5. The first kappa shape index (κ1) is 10.5. The van der Waals surface area contributed by atoms with Crippen molar-refractivity contribution in [3.63, 3.8) is 0 Å². The molecule has 15 heavy (non-hydrogen) atoms. The van der Waals surface area contributed by atoms with Gasteiger partial charge in [-0.3, -0.25) is 0 Å². The van der Waals surface area contributed by atoms with Crippen molar-refractivity contribution < 1.29 is 0 Å². The predicted molar refractivity (Wildman–Crippen MR) is 62.8 cm³/mol. The molecule has 1 N–H and O–H groups in total. The number of nitrogens with one attached hydrogen (secondary N) is 1. The molecule has 2 rings (SSSR count). The molecule has 1 aromatic carbocycles. The van der Waals surface area contributed by atoms with Gasteiger partial charge in [0.2, 0.25) is 0 Å². The summed E-state index contributed by atoms with van der Waals surface area (Å²) < 4.78 is 0. The molecule has 0 bridgehead atoms. The van der Waals surface area contributed by atoms with Crippen molar-refractivity contribution >= 4 is 5.69 Å². The molecule has 82 valence electrons. The van der Waals surface area contributed by atoms with Gasteiger partial charge >= 0.3 is 0 Å². The minimum atomic E-state index is 0.159. The molecule has 0 saturated carbocycles. The van der Waals surface area contributed by atoms with Crippen LogP contribution in [0.4, 0.5) is 5.69 Å². The van der Waals surface area contributed by atoms with Crippen LogP contribution in [0.15, 0.2) is 24.3 Å². The second kappa shape index (κ2) is 4.64. The van der Waals surface area contributed by atoms with Crippen molar-refractivity contribution in [2.45, 2.75) is 25.8 Å².